The Bertz CT molecular complexity index is 636. The van der Waals surface area contributed by atoms with Crippen molar-refractivity contribution >= 4 is 33.3 Å². The van der Waals surface area contributed by atoms with Gasteiger partial charge in [0.05, 0.1) is 12.0 Å². The summed E-state index contributed by atoms with van der Waals surface area (Å²) in [5.41, 5.74) is -0.417. The van der Waals surface area contributed by atoms with E-state index in [4.69, 9.17) is 4.74 Å². The van der Waals surface area contributed by atoms with Crippen LogP contribution in [0.1, 0.15) is 30.4 Å². The summed E-state index contributed by atoms with van der Waals surface area (Å²) in [5, 5.41) is 3.81. The minimum Gasteiger partial charge on any atom is -0.467 e. The molecule has 1 atom stereocenters. The molecular formula is C16H19NO3S. The molecule has 0 radical (unpaired) electrons. The van der Waals surface area contributed by atoms with Gasteiger partial charge in [0.1, 0.15) is 6.04 Å². The van der Waals surface area contributed by atoms with Gasteiger partial charge < -0.3 is 10.1 Å². The van der Waals surface area contributed by atoms with E-state index in [1.807, 2.05) is 51.1 Å². The van der Waals surface area contributed by atoms with Gasteiger partial charge in [0.15, 0.2) is 0 Å². The van der Waals surface area contributed by atoms with E-state index in [0.29, 0.717) is 4.88 Å². The average molecular weight is 305 g/mol. The maximum Gasteiger partial charge on any atom is 0.328 e. The second kappa shape index (κ2) is 5.85. The van der Waals surface area contributed by atoms with Gasteiger partial charge in [-0.2, -0.15) is 0 Å². The zero-order valence-corrected chi connectivity index (χ0v) is 13.4. The summed E-state index contributed by atoms with van der Waals surface area (Å²) in [6.07, 6.45) is 0. The van der Waals surface area contributed by atoms with E-state index in [9.17, 15) is 9.59 Å². The first kappa shape index (κ1) is 15.5. The number of benzene rings is 1. The lowest BCUT2D eigenvalue weighted by Gasteiger charge is -2.28. The van der Waals surface area contributed by atoms with E-state index in [0.717, 1.165) is 10.1 Å². The number of methoxy groups -OCH3 is 1. The predicted octanol–water partition coefficient (Wildman–Crippen LogP) is 3.22. The molecule has 0 spiro atoms. The van der Waals surface area contributed by atoms with Gasteiger partial charge in [-0.05, 0) is 22.9 Å². The molecule has 2 aromatic rings. The molecule has 1 N–H and O–H groups in total. The van der Waals surface area contributed by atoms with Gasteiger partial charge >= 0.3 is 5.97 Å². The number of carbonyl (C=O) groups excluding carboxylic acids is 2. The van der Waals surface area contributed by atoms with E-state index in [2.05, 4.69) is 5.32 Å². The number of fused-ring (bicyclic) bond motifs is 1. The largest absolute Gasteiger partial charge is 0.467 e. The lowest BCUT2D eigenvalue weighted by atomic mass is 9.86. The van der Waals surface area contributed by atoms with E-state index in [-0.39, 0.29) is 5.91 Å². The molecule has 1 heterocycles. The molecule has 0 aliphatic heterocycles. The summed E-state index contributed by atoms with van der Waals surface area (Å²) >= 11 is 1.41. The van der Waals surface area contributed by atoms with Gasteiger partial charge in [-0.3, -0.25) is 4.79 Å². The zero-order chi connectivity index (χ0) is 15.6. The number of esters is 1. The van der Waals surface area contributed by atoms with E-state index in [1.54, 1.807) is 0 Å². The molecule has 0 bridgehead atoms. The first-order valence-electron chi connectivity index (χ1n) is 6.70. The number of rotatable bonds is 3. The SMILES string of the molecule is COC(=O)[C@@H](NC(=O)c1cc2ccccc2s1)C(C)(C)C. The Balaban J connectivity index is 2.24. The second-order valence-corrected chi connectivity index (χ2v) is 7.03. The fourth-order valence-electron chi connectivity index (χ4n) is 2.04. The third-order valence-electron chi connectivity index (χ3n) is 3.23. The Hall–Kier alpha value is -1.88. The number of hydrogen-bond donors (Lipinski definition) is 1. The van der Waals surface area contributed by atoms with Crippen LogP contribution in [0.15, 0.2) is 30.3 Å². The highest BCUT2D eigenvalue weighted by Crippen LogP contribution is 2.26. The molecule has 4 nitrogen and oxygen atoms in total. The fraction of sp³-hybridized carbons (Fsp3) is 0.375. The number of nitrogens with one attached hydrogen (secondary N) is 1. The first-order valence-corrected chi connectivity index (χ1v) is 7.52. The molecule has 0 saturated carbocycles. The average Bonchev–Trinajstić information content (AvgIpc) is 2.86. The van der Waals surface area contributed by atoms with Crippen LogP contribution in [-0.4, -0.2) is 25.0 Å². The smallest absolute Gasteiger partial charge is 0.328 e. The molecule has 1 amide bonds. The summed E-state index contributed by atoms with van der Waals surface area (Å²) in [6, 6.07) is 8.96. The minimum absolute atomic E-state index is 0.249. The minimum atomic E-state index is -0.680. The van der Waals surface area contributed by atoms with Crippen molar-refractivity contribution in [3.05, 3.63) is 35.2 Å². The molecule has 5 heteroatoms. The molecule has 0 unspecified atom stereocenters. The molecule has 1 aromatic heterocycles. The number of amides is 1. The van der Waals surface area contributed by atoms with Crippen LogP contribution in [0.5, 0.6) is 0 Å². The summed E-state index contributed by atoms with van der Waals surface area (Å²) in [4.78, 5) is 24.8. The van der Waals surface area contributed by atoms with Gasteiger partial charge in [0, 0.05) is 4.70 Å². The van der Waals surface area contributed by atoms with Crippen molar-refractivity contribution in [2.45, 2.75) is 26.8 Å². The van der Waals surface area contributed by atoms with Crippen LogP contribution in [0, 0.1) is 5.41 Å². The summed E-state index contributed by atoms with van der Waals surface area (Å²) in [5.74, 6) is -0.682. The number of thiophene rings is 1. The Kier molecular flexibility index (Phi) is 4.32. The lowest BCUT2D eigenvalue weighted by Crippen LogP contribution is -2.49. The Morgan fingerprint density at radius 1 is 1.24 bits per heavy atom. The Labute approximate surface area is 128 Å². The Morgan fingerprint density at radius 3 is 2.48 bits per heavy atom. The van der Waals surface area contributed by atoms with Crippen molar-refractivity contribution in [1.82, 2.24) is 5.32 Å². The molecule has 0 aliphatic rings. The zero-order valence-electron chi connectivity index (χ0n) is 12.6. The van der Waals surface area contributed by atoms with Gasteiger partial charge in [-0.1, -0.05) is 39.0 Å². The fourth-order valence-corrected chi connectivity index (χ4v) is 3.01. The molecule has 0 aliphatic carbocycles. The molecule has 112 valence electrons. The van der Waals surface area contributed by atoms with Crippen LogP contribution in [0.3, 0.4) is 0 Å². The van der Waals surface area contributed by atoms with Crippen molar-refractivity contribution in [1.29, 1.82) is 0 Å². The quantitative estimate of drug-likeness (QED) is 0.886. The number of carbonyl (C=O) groups is 2. The molecular weight excluding hydrogens is 286 g/mol. The molecule has 0 saturated heterocycles. The normalized spacial score (nSPS) is 13.0. The summed E-state index contributed by atoms with van der Waals surface area (Å²) in [7, 11) is 1.33. The maximum absolute atomic E-state index is 12.4. The second-order valence-electron chi connectivity index (χ2n) is 5.94. The van der Waals surface area contributed by atoms with Crippen molar-refractivity contribution in [3.63, 3.8) is 0 Å². The predicted molar refractivity (Wildman–Crippen MR) is 84.6 cm³/mol. The van der Waals surface area contributed by atoms with Crippen LogP contribution in [-0.2, 0) is 9.53 Å². The Morgan fingerprint density at radius 2 is 1.90 bits per heavy atom. The van der Waals surface area contributed by atoms with E-state index >= 15 is 0 Å². The highest BCUT2D eigenvalue weighted by molar-refractivity contribution is 7.20. The van der Waals surface area contributed by atoms with Crippen molar-refractivity contribution < 1.29 is 14.3 Å². The molecule has 21 heavy (non-hydrogen) atoms. The van der Waals surface area contributed by atoms with Crippen molar-refractivity contribution in [2.75, 3.05) is 7.11 Å². The lowest BCUT2D eigenvalue weighted by molar-refractivity contribution is -0.145. The van der Waals surface area contributed by atoms with Gasteiger partial charge in [-0.25, -0.2) is 4.79 Å². The highest BCUT2D eigenvalue weighted by Gasteiger charge is 2.34. The van der Waals surface area contributed by atoms with Crippen LogP contribution in [0.25, 0.3) is 10.1 Å². The van der Waals surface area contributed by atoms with Crippen LogP contribution >= 0.6 is 11.3 Å². The summed E-state index contributed by atoms with van der Waals surface area (Å²) < 4.78 is 5.83. The van der Waals surface area contributed by atoms with E-state index in [1.165, 1.54) is 18.4 Å². The number of ether oxygens (including phenoxy) is 1. The van der Waals surface area contributed by atoms with Gasteiger partial charge in [-0.15, -0.1) is 11.3 Å². The van der Waals surface area contributed by atoms with Crippen LogP contribution in [0.2, 0.25) is 0 Å². The highest BCUT2D eigenvalue weighted by atomic mass is 32.1. The monoisotopic (exact) mass is 305 g/mol. The third kappa shape index (κ3) is 3.42. The molecule has 0 fully saturated rings. The third-order valence-corrected chi connectivity index (χ3v) is 4.34. The molecule has 2 rings (SSSR count). The van der Waals surface area contributed by atoms with Crippen molar-refractivity contribution in [3.8, 4) is 0 Å². The molecule has 1 aromatic carbocycles. The maximum atomic E-state index is 12.4. The summed E-state index contributed by atoms with van der Waals surface area (Å²) in [6.45, 7) is 5.67. The van der Waals surface area contributed by atoms with Crippen LogP contribution < -0.4 is 5.32 Å². The topological polar surface area (TPSA) is 55.4 Å². The van der Waals surface area contributed by atoms with Gasteiger partial charge in [0.2, 0.25) is 0 Å². The number of hydrogen-bond acceptors (Lipinski definition) is 4. The van der Waals surface area contributed by atoms with Gasteiger partial charge in [0.25, 0.3) is 5.91 Å². The van der Waals surface area contributed by atoms with Crippen LogP contribution in [0.4, 0.5) is 0 Å². The standard InChI is InChI=1S/C16H19NO3S/c1-16(2,3)13(15(19)20-4)17-14(18)12-9-10-7-5-6-8-11(10)21-12/h5-9,13H,1-4H3,(H,17,18)/t13-/m1/s1. The van der Waals surface area contributed by atoms with E-state index < -0.39 is 17.4 Å². The van der Waals surface area contributed by atoms with Crippen molar-refractivity contribution in [2.24, 2.45) is 5.41 Å². The first-order chi connectivity index (χ1) is 9.82.